The second-order valence-corrected chi connectivity index (χ2v) is 6.77. The van der Waals surface area contributed by atoms with Gasteiger partial charge in [0.15, 0.2) is 11.9 Å². The zero-order valence-electron chi connectivity index (χ0n) is 18.4. The molecule has 0 bridgehead atoms. The minimum atomic E-state index is 0.388. The van der Waals surface area contributed by atoms with E-state index in [0.29, 0.717) is 25.0 Å². The van der Waals surface area contributed by atoms with Crippen LogP contribution in [0.2, 0.25) is 0 Å². The normalized spacial score (nSPS) is 12.5. The van der Waals surface area contributed by atoms with Crippen molar-refractivity contribution in [2.45, 2.75) is 19.3 Å². The molecule has 0 amide bonds. The monoisotopic (exact) mass is 426 g/mol. The highest BCUT2D eigenvalue weighted by Gasteiger charge is 1.95. The fourth-order valence-electron chi connectivity index (χ4n) is 2.58. The summed E-state index contributed by atoms with van der Waals surface area (Å²) in [4.78, 5) is 8.62. The quantitative estimate of drug-likeness (QED) is 0.104. The van der Waals surface area contributed by atoms with E-state index in [0.717, 1.165) is 56.8 Å². The van der Waals surface area contributed by atoms with Crippen LogP contribution in [-0.2, 0) is 0 Å². The zero-order chi connectivity index (χ0) is 22.6. The van der Waals surface area contributed by atoms with Crippen LogP contribution in [0.4, 0.5) is 5.69 Å². The van der Waals surface area contributed by atoms with E-state index in [1.54, 1.807) is 18.2 Å². The van der Waals surface area contributed by atoms with Gasteiger partial charge in [-0.2, -0.15) is 0 Å². The molecule has 8 heteroatoms. The first kappa shape index (κ1) is 25.9. The molecule has 0 radical (unpaired) electrons. The van der Waals surface area contributed by atoms with Crippen molar-refractivity contribution < 1.29 is 0 Å². The van der Waals surface area contributed by atoms with Gasteiger partial charge in [-0.15, -0.1) is 0 Å². The van der Waals surface area contributed by atoms with E-state index in [4.69, 9.17) is 11.5 Å². The summed E-state index contributed by atoms with van der Waals surface area (Å²) in [7, 11) is 0. The van der Waals surface area contributed by atoms with E-state index in [1.165, 1.54) is 0 Å². The number of hydrogen-bond donors (Lipinski definition) is 6. The topological polar surface area (TPSA) is 125 Å². The molecule has 0 aromatic heterocycles. The first-order valence-electron chi connectivity index (χ1n) is 10.7. The average molecular weight is 427 g/mol. The van der Waals surface area contributed by atoms with E-state index >= 15 is 0 Å². The van der Waals surface area contributed by atoms with Gasteiger partial charge in [-0.05, 0) is 69.7 Å². The highest BCUT2D eigenvalue weighted by atomic mass is 15.1. The summed E-state index contributed by atoms with van der Waals surface area (Å²) in [5.74, 6) is 0.839. The van der Waals surface area contributed by atoms with E-state index in [-0.39, 0.29) is 0 Å². The van der Waals surface area contributed by atoms with E-state index in [9.17, 15) is 0 Å². The number of nitrogens with one attached hydrogen (secondary N) is 4. The Hall–Kier alpha value is -3.10. The molecule has 0 aliphatic rings. The molecular formula is C23H38N8. The van der Waals surface area contributed by atoms with Crippen molar-refractivity contribution in [3.63, 3.8) is 0 Å². The van der Waals surface area contributed by atoms with Crippen LogP contribution in [-0.4, -0.2) is 51.2 Å². The molecule has 1 aromatic carbocycles. The van der Waals surface area contributed by atoms with Crippen molar-refractivity contribution in [1.29, 1.82) is 0 Å². The number of para-hydroxylation sites is 1. The van der Waals surface area contributed by atoms with Crippen molar-refractivity contribution in [2.24, 2.45) is 21.5 Å². The number of hydrogen-bond acceptors (Lipinski definition) is 4. The van der Waals surface area contributed by atoms with Gasteiger partial charge in [0.2, 0.25) is 0 Å². The predicted molar refractivity (Wildman–Crippen MR) is 134 cm³/mol. The molecule has 0 atom stereocenters. The maximum atomic E-state index is 5.87. The second-order valence-electron chi connectivity index (χ2n) is 6.77. The number of nitrogens with zero attached hydrogens (tertiary/aromatic N) is 2. The van der Waals surface area contributed by atoms with Crippen LogP contribution in [0, 0.1) is 0 Å². The molecule has 0 fully saturated rings. The first-order chi connectivity index (χ1) is 15.2. The van der Waals surface area contributed by atoms with E-state index in [2.05, 4.69) is 44.4 Å². The highest BCUT2D eigenvalue weighted by Crippen LogP contribution is 2.03. The molecule has 170 valence electrons. The lowest BCUT2D eigenvalue weighted by molar-refractivity contribution is 0.579. The molecule has 31 heavy (non-hydrogen) atoms. The van der Waals surface area contributed by atoms with Gasteiger partial charge in [0, 0.05) is 24.5 Å². The Morgan fingerprint density at radius 1 is 0.839 bits per heavy atom. The maximum Gasteiger partial charge on any atom is 0.193 e. The Morgan fingerprint density at radius 3 is 2.00 bits per heavy atom. The molecule has 8 nitrogen and oxygen atoms in total. The summed E-state index contributed by atoms with van der Waals surface area (Å²) in [6, 6.07) is 9.80. The Morgan fingerprint density at radius 2 is 1.42 bits per heavy atom. The van der Waals surface area contributed by atoms with Gasteiger partial charge in [0.05, 0.1) is 0 Å². The molecule has 0 unspecified atom stereocenters. The molecule has 1 aromatic rings. The molecule has 0 aliphatic carbocycles. The van der Waals surface area contributed by atoms with Crippen molar-refractivity contribution in [2.75, 3.05) is 44.6 Å². The minimum Gasteiger partial charge on any atom is -0.370 e. The standard InChI is InChI=1S/C23H38N8/c1-3-11-20(4-2)30-22(24)28-18-9-16-26-14-8-15-27-17-10-19-29-23(25)31-21-12-6-5-7-13-21/h3-7,11-13,26-27H,1-2,8-10,14-19H2,(H3,24,28,30)(H3,25,29,31)/b20-11+. The number of allylic oxidation sites excluding steroid dienone is 3. The third-order valence-corrected chi connectivity index (χ3v) is 4.13. The highest BCUT2D eigenvalue weighted by molar-refractivity contribution is 5.92. The van der Waals surface area contributed by atoms with Gasteiger partial charge < -0.3 is 32.7 Å². The Balaban J connectivity index is 1.94. The summed E-state index contributed by atoms with van der Waals surface area (Å²) in [6.07, 6.45) is 8.09. The largest absolute Gasteiger partial charge is 0.370 e. The van der Waals surface area contributed by atoms with Crippen molar-refractivity contribution in [3.05, 3.63) is 67.4 Å². The molecule has 0 aliphatic heterocycles. The van der Waals surface area contributed by atoms with Crippen LogP contribution < -0.4 is 32.7 Å². The van der Waals surface area contributed by atoms with E-state index < -0.39 is 0 Å². The molecular weight excluding hydrogens is 388 g/mol. The molecule has 0 saturated carbocycles. The molecule has 8 N–H and O–H groups in total. The minimum absolute atomic E-state index is 0.388. The Labute approximate surface area is 186 Å². The zero-order valence-corrected chi connectivity index (χ0v) is 18.4. The number of rotatable bonds is 16. The lowest BCUT2D eigenvalue weighted by Crippen LogP contribution is -2.30. The van der Waals surface area contributed by atoms with Gasteiger partial charge in [-0.3, -0.25) is 9.98 Å². The summed E-state index contributed by atoms with van der Waals surface area (Å²) in [5.41, 5.74) is 13.4. The SMILES string of the molecule is C=C/C=C(\C=C)NC(N)=NCCCNCCCNCCCN=C(N)Nc1ccccc1. The van der Waals surface area contributed by atoms with Crippen LogP contribution >= 0.6 is 0 Å². The average Bonchev–Trinajstić information content (AvgIpc) is 2.77. The lowest BCUT2D eigenvalue weighted by atomic mass is 10.3. The van der Waals surface area contributed by atoms with Crippen LogP contribution in [0.15, 0.2) is 77.4 Å². The van der Waals surface area contributed by atoms with Gasteiger partial charge in [0.1, 0.15) is 0 Å². The summed E-state index contributed by atoms with van der Waals surface area (Å²) < 4.78 is 0. The smallest absolute Gasteiger partial charge is 0.193 e. The summed E-state index contributed by atoms with van der Waals surface area (Å²) in [5, 5.41) is 12.9. The summed E-state index contributed by atoms with van der Waals surface area (Å²) >= 11 is 0. The summed E-state index contributed by atoms with van der Waals surface area (Å²) in [6.45, 7) is 12.5. The number of guanidine groups is 2. The van der Waals surface area contributed by atoms with Gasteiger partial charge >= 0.3 is 0 Å². The van der Waals surface area contributed by atoms with Crippen LogP contribution in [0.1, 0.15) is 19.3 Å². The van der Waals surface area contributed by atoms with E-state index in [1.807, 2.05) is 30.3 Å². The third-order valence-electron chi connectivity index (χ3n) is 4.13. The predicted octanol–water partition coefficient (Wildman–Crippen LogP) is 1.92. The second kappa shape index (κ2) is 17.7. The first-order valence-corrected chi connectivity index (χ1v) is 10.7. The Bertz CT molecular complexity index is 710. The fraction of sp³-hybridized carbons (Fsp3) is 0.391. The molecule has 0 heterocycles. The van der Waals surface area contributed by atoms with Crippen molar-refractivity contribution in [3.8, 4) is 0 Å². The molecule has 0 spiro atoms. The fourth-order valence-corrected chi connectivity index (χ4v) is 2.58. The third kappa shape index (κ3) is 14.5. The number of nitrogens with two attached hydrogens (primary N) is 2. The van der Waals surface area contributed by atoms with Crippen LogP contribution in [0.25, 0.3) is 0 Å². The van der Waals surface area contributed by atoms with Crippen LogP contribution in [0.3, 0.4) is 0 Å². The Kier molecular flexibility index (Phi) is 14.8. The molecule has 0 saturated heterocycles. The van der Waals surface area contributed by atoms with Gasteiger partial charge in [0.25, 0.3) is 0 Å². The number of benzene rings is 1. The van der Waals surface area contributed by atoms with Crippen LogP contribution in [0.5, 0.6) is 0 Å². The van der Waals surface area contributed by atoms with Crippen molar-refractivity contribution in [1.82, 2.24) is 16.0 Å². The van der Waals surface area contributed by atoms with Gasteiger partial charge in [-0.25, -0.2) is 0 Å². The lowest BCUT2D eigenvalue weighted by Gasteiger charge is -2.07. The van der Waals surface area contributed by atoms with Crippen molar-refractivity contribution >= 4 is 17.6 Å². The molecule has 1 rings (SSSR count). The number of aliphatic imine (C=N–C) groups is 2. The maximum absolute atomic E-state index is 5.87. The number of anilines is 1. The van der Waals surface area contributed by atoms with Gasteiger partial charge in [-0.1, -0.05) is 37.4 Å².